The van der Waals surface area contributed by atoms with Crippen molar-refractivity contribution in [2.24, 2.45) is 5.92 Å². The van der Waals surface area contributed by atoms with Gasteiger partial charge in [0.25, 0.3) is 0 Å². The molecule has 1 aliphatic heterocycles. The molecule has 118 valence electrons. The van der Waals surface area contributed by atoms with E-state index in [4.69, 9.17) is 0 Å². The predicted octanol–water partition coefficient (Wildman–Crippen LogP) is 3.68. The van der Waals surface area contributed by atoms with Crippen LogP contribution in [0.4, 0.5) is 18.0 Å². The SMILES string of the molecule is O=C(O)N1CCC(C(F)(F)F)CC1c1nsc2ncccc12. The quantitative estimate of drug-likeness (QED) is 0.865. The number of aromatic nitrogens is 2. The van der Waals surface area contributed by atoms with Crippen LogP contribution in [-0.2, 0) is 0 Å². The summed E-state index contributed by atoms with van der Waals surface area (Å²) < 4.78 is 43.2. The van der Waals surface area contributed by atoms with E-state index in [-0.39, 0.29) is 19.4 Å². The molecule has 1 fully saturated rings. The summed E-state index contributed by atoms with van der Waals surface area (Å²) in [4.78, 5) is 17.1. The summed E-state index contributed by atoms with van der Waals surface area (Å²) in [7, 11) is 0. The lowest BCUT2D eigenvalue weighted by atomic mass is 9.88. The average Bonchev–Trinajstić information content (AvgIpc) is 2.89. The fourth-order valence-corrected chi connectivity index (χ4v) is 3.58. The molecule has 2 atom stereocenters. The lowest BCUT2D eigenvalue weighted by Gasteiger charge is -2.37. The van der Waals surface area contributed by atoms with Gasteiger partial charge in [0.15, 0.2) is 0 Å². The average molecular weight is 331 g/mol. The number of rotatable bonds is 1. The summed E-state index contributed by atoms with van der Waals surface area (Å²) in [6.07, 6.45) is -4.50. The van der Waals surface area contributed by atoms with E-state index in [9.17, 15) is 23.1 Å². The Hall–Kier alpha value is -1.90. The van der Waals surface area contributed by atoms with Gasteiger partial charge in [0.2, 0.25) is 0 Å². The first-order valence-corrected chi connectivity index (χ1v) is 7.42. The standard InChI is InChI=1S/C13H12F3N3O2S/c14-13(15,16)7-3-5-19(12(20)21)9(6-7)10-8-2-1-4-17-11(8)22-18-10/h1-2,4,7,9H,3,5-6H2,(H,20,21). The van der Waals surface area contributed by atoms with Gasteiger partial charge in [-0.2, -0.15) is 17.5 Å². The van der Waals surface area contributed by atoms with E-state index in [2.05, 4.69) is 9.36 Å². The molecule has 0 radical (unpaired) electrons. The number of alkyl halides is 3. The highest BCUT2D eigenvalue weighted by Gasteiger charge is 2.46. The predicted molar refractivity (Wildman–Crippen MR) is 73.7 cm³/mol. The summed E-state index contributed by atoms with van der Waals surface area (Å²) in [5.74, 6) is -1.51. The Morgan fingerprint density at radius 1 is 1.45 bits per heavy atom. The van der Waals surface area contributed by atoms with E-state index in [0.717, 1.165) is 16.4 Å². The molecule has 0 aromatic carbocycles. The Kier molecular flexibility index (Phi) is 3.67. The van der Waals surface area contributed by atoms with Crippen LogP contribution in [0.15, 0.2) is 18.3 Å². The van der Waals surface area contributed by atoms with Gasteiger partial charge in [-0.25, -0.2) is 9.78 Å². The second kappa shape index (κ2) is 5.38. The number of carbonyl (C=O) groups is 1. The third-order valence-corrected chi connectivity index (χ3v) is 4.69. The van der Waals surface area contributed by atoms with Crippen molar-refractivity contribution in [2.75, 3.05) is 6.54 Å². The molecule has 0 bridgehead atoms. The van der Waals surface area contributed by atoms with Crippen LogP contribution < -0.4 is 0 Å². The number of amides is 1. The van der Waals surface area contributed by atoms with Crippen LogP contribution in [0, 0.1) is 5.92 Å². The second-order valence-electron chi connectivity index (χ2n) is 5.18. The lowest BCUT2D eigenvalue weighted by Crippen LogP contribution is -2.43. The number of hydrogen-bond acceptors (Lipinski definition) is 4. The second-order valence-corrected chi connectivity index (χ2v) is 5.93. The maximum Gasteiger partial charge on any atom is 0.407 e. The first kappa shape index (κ1) is 15.0. The molecule has 1 aliphatic rings. The zero-order valence-corrected chi connectivity index (χ0v) is 12.1. The third-order valence-electron chi connectivity index (χ3n) is 3.90. The van der Waals surface area contributed by atoms with E-state index < -0.39 is 24.2 Å². The van der Waals surface area contributed by atoms with Gasteiger partial charge in [0.1, 0.15) is 4.83 Å². The van der Waals surface area contributed by atoms with Gasteiger partial charge in [-0.15, -0.1) is 0 Å². The van der Waals surface area contributed by atoms with E-state index >= 15 is 0 Å². The highest BCUT2D eigenvalue weighted by molar-refractivity contribution is 7.12. The van der Waals surface area contributed by atoms with Crippen molar-refractivity contribution in [3.63, 3.8) is 0 Å². The molecule has 1 saturated heterocycles. The van der Waals surface area contributed by atoms with Crippen LogP contribution >= 0.6 is 11.5 Å². The minimum atomic E-state index is -4.33. The highest BCUT2D eigenvalue weighted by Crippen LogP contribution is 2.43. The van der Waals surface area contributed by atoms with Crippen LogP contribution in [0.25, 0.3) is 10.2 Å². The molecule has 1 N–H and O–H groups in total. The number of fused-ring (bicyclic) bond motifs is 1. The topological polar surface area (TPSA) is 66.3 Å². The minimum Gasteiger partial charge on any atom is -0.465 e. The van der Waals surface area contributed by atoms with Crippen LogP contribution in [0.2, 0.25) is 0 Å². The number of piperidine rings is 1. The maximum atomic E-state index is 13.0. The van der Waals surface area contributed by atoms with Crippen molar-refractivity contribution in [3.05, 3.63) is 24.0 Å². The Bertz CT molecular complexity index is 703. The van der Waals surface area contributed by atoms with Gasteiger partial charge in [-0.05, 0) is 36.5 Å². The number of hydrogen-bond donors (Lipinski definition) is 1. The van der Waals surface area contributed by atoms with E-state index in [1.807, 2.05) is 0 Å². The van der Waals surface area contributed by atoms with Crippen LogP contribution in [0.1, 0.15) is 24.6 Å². The first-order valence-electron chi connectivity index (χ1n) is 6.64. The molecule has 2 aromatic heterocycles. The van der Waals surface area contributed by atoms with Crippen molar-refractivity contribution < 1.29 is 23.1 Å². The van der Waals surface area contributed by atoms with Gasteiger partial charge in [-0.3, -0.25) is 4.90 Å². The van der Waals surface area contributed by atoms with E-state index in [1.165, 1.54) is 0 Å². The molecule has 2 aromatic rings. The molecule has 3 rings (SSSR count). The molecule has 2 unspecified atom stereocenters. The summed E-state index contributed by atoms with van der Waals surface area (Å²) in [6, 6.07) is 2.48. The molecule has 1 amide bonds. The van der Waals surface area contributed by atoms with Gasteiger partial charge >= 0.3 is 12.3 Å². The summed E-state index contributed by atoms with van der Waals surface area (Å²) in [5.41, 5.74) is 0.365. The summed E-state index contributed by atoms with van der Waals surface area (Å²) in [5, 5.41) is 9.89. The normalized spacial score (nSPS) is 23.0. The van der Waals surface area contributed by atoms with Crippen LogP contribution in [-0.4, -0.2) is 38.2 Å². The third kappa shape index (κ3) is 2.60. The fraction of sp³-hybridized carbons (Fsp3) is 0.462. The summed E-state index contributed by atoms with van der Waals surface area (Å²) >= 11 is 1.07. The van der Waals surface area contributed by atoms with E-state index in [0.29, 0.717) is 15.9 Å². The van der Waals surface area contributed by atoms with Gasteiger partial charge in [0, 0.05) is 18.1 Å². The minimum absolute atomic E-state index is 0.149. The van der Waals surface area contributed by atoms with E-state index in [1.54, 1.807) is 18.3 Å². The van der Waals surface area contributed by atoms with Crippen LogP contribution in [0.5, 0.6) is 0 Å². The zero-order valence-electron chi connectivity index (χ0n) is 11.2. The molecule has 22 heavy (non-hydrogen) atoms. The van der Waals surface area contributed by atoms with Gasteiger partial charge in [0.05, 0.1) is 17.7 Å². The molecule has 3 heterocycles. The first-order chi connectivity index (χ1) is 10.4. The number of likely N-dealkylation sites (tertiary alicyclic amines) is 1. The molecule has 5 nitrogen and oxygen atoms in total. The van der Waals surface area contributed by atoms with Crippen molar-refractivity contribution in [1.29, 1.82) is 0 Å². The Balaban J connectivity index is 2.01. The fourth-order valence-electron chi connectivity index (χ4n) is 2.79. The monoisotopic (exact) mass is 331 g/mol. The van der Waals surface area contributed by atoms with Gasteiger partial charge < -0.3 is 5.11 Å². The van der Waals surface area contributed by atoms with Crippen molar-refractivity contribution in [2.45, 2.75) is 25.1 Å². The summed E-state index contributed by atoms with van der Waals surface area (Å²) in [6.45, 7) is -0.149. The lowest BCUT2D eigenvalue weighted by molar-refractivity contribution is -0.188. The number of pyridine rings is 1. The Labute approximate surface area is 127 Å². The molecule has 0 aliphatic carbocycles. The molecule has 0 spiro atoms. The van der Waals surface area contributed by atoms with Crippen molar-refractivity contribution in [1.82, 2.24) is 14.3 Å². The number of nitrogens with zero attached hydrogens (tertiary/aromatic N) is 3. The number of carboxylic acid groups (broad SMARTS) is 1. The van der Waals surface area contributed by atoms with Crippen LogP contribution in [0.3, 0.4) is 0 Å². The Morgan fingerprint density at radius 2 is 2.23 bits per heavy atom. The van der Waals surface area contributed by atoms with Crippen molar-refractivity contribution in [3.8, 4) is 0 Å². The molecule has 9 heteroatoms. The maximum absolute atomic E-state index is 13.0. The molecular formula is C13H12F3N3O2S. The largest absolute Gasteiger partial charge is 0.465 e. The molecule has 0 saturated carbocycles. The van der Waals surface area contributed by atoms with Gasteiger partial charge in [-0.1, -0.05) is 0 Å². The smallest absolute Gasteiger partial charge is 0.407 e. The highest BCUT2D eigenvalue weighted by atomic mass is 32.1. The number of halogens is 3. The Morgan fingerprint density at radius 3 is 2.91 bits per heavy atom. The van der Waals surface area contributed by atoms with Crippen molar-refractivity contribution >= 4 is 27.8 Å². The molecular weight excluding hydrogens is 319 g/mol. The zero-order chi connectivity index (χ0) is 15.9.